The first-order chi connectivity index (χ1) is 12.0. The highest BCUT2D eigenvalue weighted by Crippen LogP contribution is 2.28. The third-order valence-electron chi connectivity index (χ3n) is 4.08. The zero-order chi connectivity index (χ0) is 18.2. The van der Waals surface area contributed by atoms with Gasteiger partial charge < -0.3 is 10.1 Å². The van der Waals surface area contributed by atoms with E-state index in [4.69, 9.17) is 4.74 Å². The second kappa shape index (κ2) is 8.97. The van der Waals surface area contributed by atoms with Crippen LogP contribution in [0.1, 0.15) is 31.7 Å². The lowest BCUT2D eigenvalue weighted by Crippen LogP contribution is -2.26. The Labute approximate surface area is 147 Å². The number of amides is 1. The summed E-state index contributed by atoms with van der Waals surface area (Å²) in [4.78, 5) is 24.4. The van der Waals surface area contributed by atoms with Crippen LogP contribution < -0.4 is 5.32 Å². The van der Waals surface area contributed by atoms with Crippen LogP contribution in [0.15, 0.2) is 54.6 Å². The first-order valence-electron chi connectivity index (χ1n) is 8.28. The van der Waals surface area contributed by atoms with Crippen molar-refractivity contribution in [2.45, 2.75) is 26.2 Å². The number of nitrogens with one attached hydrogen (secondary N) is 1. The van der Waals surface area contributed by atoms with Gasteiger partial charge in [0.2, 0.25) is 0 Å². The number of ether oxygens (including phenoxy) is 1. The van der Waals surface area contributed by atoms with E-state index in [2.05, 4.69) is 5.32 Å². The van der Waals surface area contributed by atoms with Crippen molar-refractivity contribution in [2.75, 3.05) is 11.9 Å². The number of hydrogen-bond acceptors (Lipinski definition) is 3. The van der Waals surface area contributed by atoms with Crippen molar-refractivity contribution in [2.24, 2.45) is 5.92 Å². The van der Waals surface area contributed by atoms with Crippen LogP contribution in [0.5, 0.6) is 0 Å². The van der Waals surface area contributed by atoms with Crippen molar-refractivity contribution < 1.29 is 18.7 Å². The van der Waals surface area contributed by atoms with Gasteiger partial charge in [0.15, 0.2) is 6.61 Å². The molecule has 0 heterocycles. The molecule has 0 aliphatic rings. The first kappa shape index (κ1) is 18.6. The largest absolute Gasteiger partial charge is 0.455 e. The molecule has 0 unspecified atom stereocenters. The van der Waals surface area contributed by atoms with E-state index in [9.17, 15) is 14.0 Å². The number of esters is 1. The molecule has 0 radical (unpaired) electrons. The number of hydrogen-bond donors (Lipinski definition) is 1. The minimum atomic E-state index is -0.505. The van der Waals surface area contributed by atoms with E-state index in [1.165, 1.54) is 18.2 Å². The second-order valence-corrected chi connectivity index (χ2v) is 5.94. The van der Waals surface area contributed by atoms with Gasteiger partial charge >= 0.3 is 5.97 Å². The minimum Gasteiger partial charge on any atom is -0.455 e. The van der Waals surface area contributed by atoms with E-state index in [-0.39, 0.29) is 5.92 Å². The predicted octanol–water partition coefficient (Wildman–Crippen LogP) is 4.14. The summed E-state index contributed by atoms with van der Waals surface area (Å²) in [5, 5.41) is 2.50. The van der Waals surface area contributed by atoms with Gasteiger partial charge in [-0.15, -0.1) is 0 Å². The summed E-state index contributed by atoms with van der Waals surface area (Å²) in [7, 11) is 0. The zero-order valence-corrected chi connectivity index (χ0v) is 14.4. The molecule has 2 aromatic carbocycles. The number of rotatable bonds is 7. The van der Waals surface area contributed by atoms with Crippen LogP contribution in [0.4, 0.5) is 10.1 Å². The second-order valence-electron chi connectivity index (χ2n) is 5.94. The SMILES string of the molecule is CC[C@@H](C)[C@H](C(=O)OCC(=O)Nc1cccc(F)c1)c1ccccc1. The van der Waals surface area contributed by atoms with Gasteiger partial charge in [0, 0.05) is 5.69 Å². The molecule has 132 valence electrons. The molecule has 0 bridgehead atoms. The Bertz CT molecular complexity index is 718. The third kappa shape index (κ3) is 5.41. The Balaban J connectivity index is 1.97. The standard InChI is InChI=1S/C20H22FNO3/c1-3-14(2)19(15-8-5-4-6-9-15)20(24)25-13-18(23)22-17-11-7-10-16(21)12-17/h4-12,14,19H,3,13H2,1-2H3,(H,22,23)/t14-,19+/m1/s1. The number of carbonyl (C=O) groups is 2. The Kier molecular flexibility index (Phi) is 6.69. The molecule has 1 amide bonds. The molecular weight excluding hydrogens is 321 g/mol. The Morgan fingerprint density at radius 1 is 1.12 bits per heavy atom. The molecule has 4 nitrogen and oxygen atoms in total. The summed E-state index contributed by atoms with van der Waals surface area (Å²) in [5.41, 5.74) is 1.19. The molecule has 0 saturated carbocycles. The van der Waals surface area contributed by atoms with Gasteiger partial charge in [-0.25, -0.2) is 4.39 Å². The van der Waals surface area contributed by atoms with Gasteiger partial charge in [-0.05, 0) is 29.7 Å². The summed E-state index contributed by atoms with van der Waals surface area (Å²) in [5.74, 6) is -1.73. The van der Waals surface area contributed by atoms with E-state index >= 15 is 0 Å². The van der Waals surface area contributed by atoms with Crippen molar-refractivity contribution >= 4 is 17.6 Å². The van der Waals surface area contributed by atoms with E-state index in [0.29, 0.717) is 5.69 Å². The van der Waals surface area contributed by atoms with Crippen molar-refractivity contribution in [1.82, 2.24) is 0 Å². The van der Waals surface area contributed by atoms with Gasteiger partial charge in [0.25, 0.3) is 5.91 Å². The number of benzene rings is 2. The van der Waals surface area contributed by atoms with Crippen LogP contribution in [-0.4, -0.2) is 18.5 Å². The topological polar surface area (TPSA) is 55.4 Å². The lowest BCUT2D eigenvalue weighted by atomic mass is 9.86. The molecule has 2 atom stereocenters. The molecule has 25 heavy (non-hydrogen) atoms. The summed E-state index contributed by atoms with van der Waals surface area (Å²) in [6.45, 7) is 3.57. The predicted molar refractivity (Wildman–Crippen MR) is 94.6 cm³/mol. The van der Waals surface area contributed by atoms with Crippen molar-refractivity contribution in [3.8, 4) is 0 Å². The smallest absolute Gasteiger partial charge is 0.314 e. The maximum atomic E-state index is 13.1. The fourth-order valence-corrected chi connectivity index (χ4v) is 2.58. The van der Waals surface area contributed by atoms with Crippen LogP contribution in [0, 0.1) is 11.7 Å². The highest BCUT2D eigenvalue weighted by atomic mass is 19.1. The average molecular weight is 343 g/mol. The van der Waals surface area contributed by atoms with E-state index in [1.54, 1.807) is 6.07 Å². The maximum Gasteiger partial charge on any atom is 0.314 e. The Morgan fingerprint density at radius 3 is 2.48 bits per heavy atom. The summed E-state index contributed by atoms with van der Waals surface area (Å²) < 4.78 is 18.3. The molecule has 5 heteroatoms. The molecule has 0 spiro atoms. The Hall–Kier alpha value is -2.69. The van der Waals surface area contributed by atoms with Crippen LogP contribution in [0.3, 0.4) is 0 Å². The van der Waals surface area contributed by atoms with Crippen molar-refractivity contribution in [1.29, 1.82) is 0 Å². The van der Waals surface area contributed by atoms with Gasteiger partial charge in [-0.3, -0.25) is 9.59 Å². The van der Waals surface area contributed by atoms with Crippen molar-refractivity contribution in [3.05, 3.63) is 66.0 Å². The fraction of sp³-hybridized carbons (Fsp3) is 0.300. The summed E-state index contributed by atoms with van der Waals surface area (Å²) in [6.07, 6.45) is 0.810. The molecule has 0 saturated heterocycles. The molecule has 1 N–H and O–H groups in total. The lowest BCUT2D eigenvalue weighted by Gasteiger charge is -2.21. The lowest BCUT2D eigenvalue weighted by molar-refractivity contribution is -0.150. The third-order valence-corrected chi connectivity index (χ3v) is 4.08. The van der Waals surface area contributed by atoms with E-state index in [0.717, 1.165) is 12.0 Å². The number of carbonyl (C=O) groups excluding carboxylic acids is 2. The highest BCUT2D eigenvalue weighted by Gasteiger charge is 2.27. The van der Waals surface area contributed by atoms with Gasteiger partial charge in [0.05, 0.1) is 5.92 Å². The van der Waals surface area contributed by atoms with Crippen LogP contribution >= 0.6 is 0 Å². The first-order valence-corrected chi connectivity index (χ1v) is 8.28. The van der Waals surface area contributed by atoms with Crippen LogP contribution in [0.2, 0.25) is 0 Å². The zero-order valence-electron chi connectivity index (χ0n) is 14.4. The molecule has 0 aliphatic heterocycles. The molecule has 0 aliphatic carbocycles. The average Bonchev–Trinajstić information content (AvgIpc) is 2.61. The molecule has 0 aromatic heterocycles. The van der Waals surface area contributed by atoms with Gasteiger partial charge in [0.1, 0.15) is 5.82 Å². The fourth-order valence-electron chi connectivity index (χ4n) is 2.58. The quantitative estimate of drug-likeness (QED) is 0.769. The minimum absolute atomic E-state index is 0.0844. The molecule has 2 rings (SSSR count). The monoisotopic (exact) mass is 343 g/mol. The molecular formula is C20H22FNO3. The molecule has 0 fully saturated rings. The number of anilines is 1. The number of halogens is 1. The van der Waals surface area contributed by atoms with E-state index in [1.807, 2.05) is 44.2 Å². The molecule has 2 aromatic rings. The van der Waals surface area contributed by atoms with Crippen LogP contribution in [0.25, 0.3) is 0 Å². The summed E-state index contributed by atoms with van der Waals surface area (Å²) in [6, 6.07) is 14.9. The highest BCUT2D eigenvalue weighted by molar-refractivity contribution is 5.93. The van der Waals surface area contributed by atoms with Crippen molar-refractivity contribution in [3.63, 3.8) is 0 Å². The maximum absolute atomic E-state index is 13.1. The van der Waals surface area contributed by atoms with E-state index < -0.39 is 30.2 Å². The van der Waals surface area contributed by atoms with Crippen LogP contribution in [-0.2, 0) is 14.3 Å². The van der Waals surface area contributed by atoms with Gasteiger partial charge in [-0.2, -0.15) is 0 Å². The Morgan fingerprint density at radius 2 is 1.84 bits per heavy atom. The summed E-state index contributed by atoms with van der Waals surface area (Å²) >= 11 is 0. The normalized spacial score (nSPS) is 12.9. The van der Waals surface area contributed by atoms with Gasteiger partial charge in [-0.1, -0.05) is 56.7 Å².